The fourth-order valence-corrected chi connectivity index (χ4v) is 3.90. The van der Waals surface area contributed by atoms with Crippen LogP contribution in [0, 0.1) is 5.41 Å². The second kappa shape index (κ2) is 6.23. The van der Waals surface area contributed by atoms with Crippen molar-refractivity contribution in [2.24, 2.45) is 5.41 Å². The van der Waals surface area contributed by atoms with E-state index in [2.05, 4.69) is 27.3 Å². The SMILES string of the molecule is CNCc1ccc(CN2CCC3(CCCC3)CC2)nc1. The fraction of sp³-hybridized carbons (Fsp3) is 0.706. The molecule has 20 heavy (non-hydrogen) atoms. The molecule has 0 aromatic carbocycles. The molecule has 3 nitrogen and oxygen atoms in total. The Morgan fingerprint density at radius 3 is 2.50 bits per heavy atom. The number of pyridine rings is 1. The molecular weight excluding hydrogens is 246 g/mol. The molecule has 1 aliphatic heterocycles. The van der Waals surface area contributed by atoms with Gasteiger partial charge in [0, 0.05) is 19.3 Å². The van der Waals surface area contributed by atoms with E-state index in [1.54, 1.807) is 0 Å². The zero-order valence-electron chi connectivity index (χ0n) is 12.7. The van der Waals surface area contributed by atoms with Crippen molar-refractivity contribution in [1.29, 1.82) is 0 Å². The average Bonchev–Trinajstić information content (AvgIpc) is 2.93. The van der Waals surface area contributed by atoms with E-state index in [1.807, 2.05) is 13.2 Å². The van der Waals surface area contributed by atoms with E-state index in [1.165, 1.54) is 62.9 Å². The molecule has 0 unspecified atom stereocenters. The lowest BCUT2D eigenvalue weighted by atomic mass is 9.77. The summed E-state index contributed by atoms with van der Waals surface area (Å²) < 4.78 is 0. The molecule has 1 spiro atoms. The van der Waals surface area contributed by atoms with Gasteiger partial charge in [0.1, 0.15) is 0 Å². The lowest BCUT2D eigenvalue weighted by Gasteiger charge is -2.39. The predicted molar refractivity (Wildman–Crippen MR) is 82.4 cm³/mol. The van der Waals surface area contributed by atoms with Gasteiger partial charge in [-0.15, -0.1) is 0 Å². The first-order chi connectivity index (χ1) is 9.80. The summed E-state index contributed by atoms with van der Waals surface area (Å²) in [4.78, 5) is 7.19. The van der Waals surface area contributed by atoms with E-state index in [-0.39, 0.29) is 0 Å². The number of nitrogens with zero attached hydrogens (tertiary/aromatic N) is 2. The first-order valence-corrected chi connectivity index (χ1v) is 8.10. The second-order valence-electron chi connectivity index (χ2n) is 6.67. The molecule has 1 saturated heterocycles. The molecule has 3 heteroatoms. The quantitative estimate of drug-likeness (QED) is 0.914. The molecule has 2 heterocycles. The lowest BCUT2D eigenvalue weighted by Crippen LogP contribution is -2.38. The van der Waals surface area contributed by atoms with Gasteiger partial charge in [-0.05, 0) is 62.9 Å². The van der Waals surface area contributed by atoms with E-state index < -0.39 is 0 Å². The van der Waals surface area contributed by atoms with E-state index in [9.17, 15) is 0 Å². The summed E-state index contributed by atoms with van der Waals surface area (Å²) in [6, 6.07) is 4.38. The zero-order chi connectivity index (χ0) is 13.8. The minimum absolute atomic E-state index is 0.723. The van der Waals surface area contributed by atoms with Crippen LogP contribution in [0.25, 0.3) is 0 Å². The Hall–Kier alpha value is -0.930. The van der Waals surface area contributed by atoms with E-state index in [4.69, 9.17) is 0 Å². The van der Waals surface area contributed by atoms with Crippen LogP contribution < -0.4 is 5.32 Å². The number of likely N-dealkylation sites (tertiary alicyclic amines) is 1. The second-order valence-corrected chi connectivity index (χ2v) is 6.67. The molecular formula is C17H27N3. The molecule has 0 radical (unpaired) electrons. The smallest absolute Gasteiger partial charge is 0.0544 e. The van der Waals surface area contributed by atoms with Crippen molar-refractivity contribution in [1.82, 2.24) is 15.2 Å². The number of piperidine rings is 1. The molecule has 0 atom stereocenters. The highest BCUT2D eigenvalue weighted by Gasteiger charge is 2.36. The Bertz CT molecular complexity index is 410. The van der Waals surface area contributed by atoms with Crippen molar-refractivity contribution in [2.75, 3.05) is 20.1 Å². The maximum atomic E-state index is 4.60. The standard InChI is InChI=1S/C17H27N3/c1-18-12-15-4-5-16(19-13-15)14-20-10-8-17(9-11-20)6-2-3-7-17/h4-5,13,18H,2-3,6-12,14H2,1H3. The number of rotatable bonds is 4. The molecule has 1 saturated carbocycles. The normalized spacial score (nSPS) is 22.4. The van der Waals surface area contributed by atoms with Gasteiger partial charge < -0.3 is 5.32 Å². The summed E-state index contributed by atoms with van der Waals surface area (Å²) in [6.07, 6.45) is 10.7. The van der Waals surface area contributed by atoms with Crippen LogP contribution in [-0.2, 0) is 13.1 Å². The van der Waals surface area contributed by atoms with Gasteiger partial charge in [0.2, 0.25) is 0 Å². The Morgan fingerprint density at radius 2 is 1.90 bits per heavy atom. The molecule has 3 rings (SSSR count). The van der Waals surface area contributed by atoms with Gasteiger partial charge in [0.15, 0.2) is 0 Å². The molecule has 2 fully saturated rings. The molecule has 0 bridgehead atoms. The van der Waals surface area contributed by atoms with Gasteiger partial charge in [-0.1, -0.05) is 18.9 Å². The molecule has 1 aliphatic carbocycles. The number of nitrogens with one attached hydrogen (secondary N) is 1. The highest BCUT2D eigenvalue weighted by molar-refractivity contribution is 5.14. The van der Waals surface area contributed by atoms with Gasteiger partial charge in [-0.25, -0.2) is 0 Å². The Labute approximate surface area is 122 Å². The first-order valence-electron chi connectivity index (χ1n) is 8.10. The van der Waals surface area contributed by atoms with Crippen molar-refractivity contribution >= 4 is 0 Å². The van der Waals surface area contributed by atoms with E-state index in [0.717, 1.165) is 18.5 Å². The average molecular weight is 273 g/mol. The third-order valence-corrected chi connectivity index (χ3v) is 5.23. The van der Waals surface area contributed by atoms with Crippen LogP contribution in [0.3, 0.4) is 0 Å². The Kier molecular flexibility index (Phi) is 4.37. The van der Waals surface area contributed by atoms with E-state index in [0.29, 0.717) is 0 Å². The van der Waals surface area contributed by atoms with Crippen LogP contribution in [0.4, 0.5) is 0 Å². The maximum Gasteiger partial charge on any atom is 0.0544 e. The van der Waals surface area contributed by atoms with Crippen LogP contribution >= 0.6 is 0 Å². The van der Waals surface area contributed by atoms with Crippen molar-refractivity contribution in [3.8, 4) is 0 Å². The number of aromatic nitrogens is 1. The van der Waals surface area contributed by atoms with Crippen molar-refractivity contribution in [3.05, 3.63) is 29.6 Å². The van der Waals surface area contributed by atoms with Crippen LogP contribution in [0.5, 0.6) is 0 Å². The molecule has 1 aromatic rings. The van der Waals surface area contributed by atoms with Gasteiger partial charge >= 0.3 is 0 Å². The molecule has 110 valence electrons. The van der Waals surface area contributed by atoms with Crippen LogP contribution in [0.15, 0.2) is 18.3 Å². The topological polar surface area (TPSA) is 28.2 Å². The van der Waals surface area contributed by atoms with Gasteiger partial charge in [0.05, 0.1) is 5.69 Å². The van der Waals surface area contributed by atoms with Crippen LogP contribution in [0.1, 0.15) is 49.8 Å². The summed E-state index contributed by atoms with van der Waals surface area (Å²) in [5.41, 5.74) is 3.20. The monoisotopic (exact) mass is 273 g/mol. The minimum Gasteiger partial charge on any atom is -0.316 e. The fourth-order valence-electron chi connectivity index (χ4n) is 3.90. The summed E-state index contributed by atoms with van der Waals surface area (Å²) >= 11 is 0. The van der Waals surface area contributed by atoms with Gasteiger partial charge in [0.25, 0.3) is 0 Å². The highest BCUT2D eigenvalue weighted by atomic mass is 15.1. The van der Waals surface area contributed by atoms with Crippen molar-refractivity contribution in [3.63, 3.8) is 0 Å². The molecule has 1 N–H and O–H groups in total. The third kappa shape index (κ3) is 3.21. The van der Waals surface area contributed by atoms with Gasteiger partial charge in [-0.2, -0.15) is 0 Å². The van der Waals surface area contributed by atoms with Crippen molar-refractivity contribution < 1.29 is 0 Å². The summed E-state index contributed by atoms with van der Waals surface area (Å²) in [7, 11) is 1.97. The zero-order valence-corrected chi connectivity index (χ0v) is 12.7. The molecule has 1 aromatic heterocycles. The van der Waals surface area contributed by atoms with Crippen LogP contribution in [0.2, 0.25) is 0 Å². The minimum atomic E-state index is 0.723. The Morgan fingerprint density at radius 1 is 1.15 bits per heavy atom. The van der Waals surface area contributed by atoms with Gasteiger partial charge in [-0.3, -0.25) is 9.88 Å². The largest absolute Gasteiger partial charge is 0.316 e. The Balaban J connectivity index is 1.51. The molecule has 0 amide bonds. The number of hydrogen-bond acceptors (Lipinski definition) is 3. The summed E-state index contributed by atoms with van der Waals surface area (Å²) in [5.74, 6) is 0. The van der Waals surface area contributed by atoms with Crippen LogP contribution in [-0.4, -0.2) is 30.0 Å². The highest BCUT2D eigenvalue weighted by Crippen LogP contribution is 2.46. The summed E-state index contributed by atoms with van der Waals surface area (Å²) in [5, 5.41) is 3.16. The number of hydrogen-bond donors (Lipinski definition) is 1. The predicted octanol–water partition coefficient (Wildman–Crippen LogP) is 2.96. The van der Waals surface area contributed by atoms with E-state index >= 15 is 0 Å². The maximum absolute atomic E-state index is 4.60. The van der Waals surface area contributed by atoms with Crippen molar-refractivity contribution in [2.45, 2.75) is 51.6 Å². The molecule has 2 aliphatic rings. The third-order valence-electron chi connectivity index (χ3n) is 5.23. The summed E-state index contributed by atoms with van der Waals surface area (Å²) in [6.45, 7) is 4.45. The first kappa shape index (κ1) is 14.0. The lowest BCUT2D eigenvalue weighted by molar-refractivity contribution is 0.103.